The Morgan fingerprint density at radius 2 is 1.70 bits per heavy atom. The van der Waals surface area contributed by atoms with Gasteiger partial charge in [-0.05, 0) is 43.2 Å². The summed E-state index contributed by atoms with van der Waals surface area (Å²) in [5.74, 6) is -0.213. The highest BCUT2D eigenvalue weighted by Gasteiger charge is 2.29. The van der Waals surface area contributed by atoms with Crippen LogP contribution in [0.15, 0.2) is 53.4 Å². The van der Waals surface area contributed by atoms with Gasteiger partial charge in [-0.3, -0.25) is 9.10 Å². The number of halogens is 2. The minimum absolute atomic E-state index is 0.0609. The third-order valence-corrected chi connectivity index (χ3v) is 6.51. The van der Waals surface area contributed by atoms with Crippen LogP contribution in [0, 0.1) is 5.92 Å². The summed E-state index contributed by atoms with van der Waals surface area (Å²) in [5, 5.41) is 3.32. The molecule has 0 fully saturated rings. The van der Waals surface area contributed by atoms with Gasteiger partial charge in [-0.25, -0.2) is 8.42 Å². The van der Waals surface area contributed by atoms with Crippen LogP contribution in [0.2, 0.25) is 10.0 Å². The zero-order valence-electron chi connectivity index (χ0n) is 15.3. The van der Waals surface area contributed by atoms with E-state index in [2.05, 4.69) is 5.32 Å². The first-order chi connectivity index (χ1) is 12.6. The smallest absolute Gasteiger partial charge is 0.264 e. The van der Waals surface area contributed by atoms with Crippen LogP contribution in [0.25, 0.3) is 0 Å². The van der Waals surface area contributed by atoms with Crippen molar-refractivity contribution in [3.63, 3.8) is 0 Å². The van der Waals surface area contributed by atoms with Crippen LogP contribution in [0.4, 0.5) is 5.69 Å². The van der Waals surface area contributed by atoms with Crippen LogP contribution in [-0.2, 0) is 14.8 Å². The molecule has 0 aliphatic rings. The molecule has 0 bridgehead atoms. The minimum atomic E-state index is -4.02. The molecule has 146 valence electrons. The van der Waals surface area contributed by atoms with Crippen molar-refractivity contribution in [3.05, 3.63) is 58.6 Å². The number of amides is 1. The van der Waals surface area contributed by atoms with Gasteiger partial charge in [-0.15, -0.1) is 0 Å². The Morgan fingerprint density at radius 1 is 1.07 bits per heavy atom. The van der Waals surface area contributed by atoms with Gasteiger partial charge in [0.15, 0.2) is 0 Å². The third-order valence-electron chi connectivity index (χ3n) is 4.18. The summed E-state index contributed by atoms with van der Waals surface area (Å²) in [4.78, 5) is 12.6. The van der Waals surface area contributed by atoms with Crippen LogP contribution >= 0.6 is 23.2 Å². The van der Waals surface area contributed by atoms with Gasteiger partial charge in [0, 0.05) is 11.1 Å². The van der Waals surface area contributed by atoms with Crippen molar-refractivity contribution in [2.75, 3.05) is 10.8 Å². The Bertz CT molecular complexity index is 902. The highest BCUT2D eigenvalue weighted by molar-refractivity contribution is 7.92. The number of hydrogen-bond acceptors (Lipinski definition) is 3. The zero-order chi connectivity index (χ0) is 20.2. The van der Waals surface area contributed by atoms with Gasteiger partial charge in [-0.1, -0.05) is 55.2 Å². The van der Waals surface area contributed by atoms with Gasteiger partial charge in [0.2, 0.25) is 5.91 Å². The molecule has 0 saturated carbocycles. The lowest BCUT2D eigenvalue weighted by molar-refractivity contribution is -0.120. The highest BCUT2D eigenvalue weighted by Crippen LogP contribution is 2.32. The molecular formula is C19H22Cl2N2O3S. The van der Waals surface area contributed by atoms with E-state index in [1.165, 1.54) is 24.3 Å². The molecule has 0 aromatic heterocycles. The largest absolute Gasteiger partial charge is 0.352 e. The molecule has 2 aromatic rings. The summed E-state index contributed by atoms with van der Waals surface area (Å²) < 4.78 is 27.4. The molecule has 1 N–H and O–H groups in total. The quantitative estimate of drug-likeness (QED) is 0.712. The second kappa shape index (κ2) is 8.95. The number of sulfonamides is 1. The van der Waals surface area contributed by atoms with E-state index in [4.69, 9.17) is 23.2 Å². The molecule has 0 heterocycles. The molecule has 8 heteroatoms. The predicted octanol–water partition coefficient (Wildman–Crippen LogP) is 4.35. The maximum atomic E-state index is 13.2. The Labute approximate surface area is 170 Å². The predicted molar refractivity (Wildman–Crippen MR) is 110 cm³/mol. The fourth-order valence-electron chi connectivity index (χ4n) is 2.29. The number of hydrogen-bond donors (Lipinski definition) is 1. The molecular weight excluding hydrogens is 407 g/mol. The number of nitrogens with one attached hydrogen (secondary N) is 1. The monoisotopic (exact) mass is 428 g/mol. The van der Waals surface area contributed by atoms with Gasteiger partial charge in [0.1, 0.15) is 6.54 Å². The highest BCUT2D eigenvalue weighted by atomic mass is 35.5. The maximum Gasteiger partial charge on any atom is 0.264 e. The fourth-order valence-corrected chi connectivity index (χ4v) is 4.18. The van der Waals surface area contributed by atoms with Crippen molar-refractivity contribution in [2.24, 2.45) is 5.92 Å². The Kier molecular flexibility index (Phi) is 7.14. The molecule has 0 spiro atoms. The van der Waals surface area contributed by atoms with E-state index in [1.54, 1.807) is 24.3 Å². The summed E-state index contributed by atoms with van der Waals surface area (Å²) in [5.41, 5.74) is 0.153. The average molecular weight is 429 g/mol. The Morgan fingerprint density at radius 3 is 2.30 bits per heavy atom. The standard InChI is InChI=1S/C19H22Cl2N2O3S/c1-13(2)14(3)22-19(24)12-23(18-11-15(20)9-10-17(18)21)27(25,26)16-7-5-4-6-8-16/h4-11,13-14H,12H2,1-3H3,(H,22,24)/t14-/m0/s1. The second-order valence-electron chi connectivity index (χ2n) is 6.52. The number of rotatable bonds is 7. The lowest BCUT2D eigenvalue weighted by atomic mass is 10.1. The first-order valence-corrected chi connectivity index (χ1v) is 10.6. The van der Waals surface area contributed by atoms with Crippen molar-refractivity contribution in [1.82, 2.24) is 5.32 Å². The van der Waals surface area contributed by atoms with E-state index in [-0.39, 0.29) is 27.6 Å². The molecule has 1 atom stereocenters. The molecule has 5 nitrogen and oxygen atoms in total. The molecule has 0 saturated heterocycles. The fraction of sp³-hybridized carbons (Fsp3) is 0.316. The Hall–Kier alpha value is -1.76. The first kappa shape index (κ1) is 21.5. The van der Waals surface area contributed by atoms with Crippen LogP contribution < -0.4 is 9.62 Å². The lowest BCUT2D eigenvalue weighted by Gasteiger charge is -2.26. The summed E-state index contributed by atoms with van der Waals surface area (Å²) in [6, 6.07) is 12.3. The molecule has 0 aliphatic heterocycles. The molecule has 2 rings (SSSR count). The number of benzene rings is 2. The molecule has 27 heavy (non-hydrogen) atoms. The van der Waals surface area contributed by atoms with Crippen molar-refractivity contribution in [2.45, 2.75) is 31.7 Å². The van der Waals surface area contributed by atoms with Gasteiger partial charge >= 0.3 is 0 Å². The summed E-state index contributed by atoms with van der Waals surface area (Å²) >= 11 is 12.3. The molecule has 0 unspecified atom stereocenters. The van der Waals surface area contributed by atoms with Gasteiger partial charge in [0.05, 0.1) is 15.6 Å². The van der Waals surface area contributed by atoms with Crippen molar-refractivity contribution < 1.29 is 13.2 Å². The Balaban J connectivity index is 2.46. The van der Waals surface area contributed by atoms with E-state index in [0.717, 1.165) is 4.31 Å². The van der Waals surface area contributed by atoms with Crippen molar-refractivity contribution in [3.8, 4) is 0 Å². The number of carbonyl (C=O) groups excluding carboxylic acids is 1. The molecule has 2 aromatic carbocycles. The number of anilines is 1. The van der Waals surface area contributed by atoms with Crippen LogP contribution in [0.3, 0.4) is 0 Å². The lowest BCUT2D eigenvalue weighted by Crippen LogP contribution is -2.45. The van der Waals surface area contributed by atoms with E-state index in [9.17, 15) is 13.2 Å². The zero-order valence-corrected chi connectivity index (χ0v) is 17.6. The first-order valence-electron chi connectivity index (χ1n) is 8.45. The normalized spacial score (nSPS) is 12.7. The van der Waals surface area contributed by atoms with Gasteiger partial charge in [-0.2, -0.15) is 0 Å². The second-order valence-corrected chi connectivity index (χ2v) is 9.23. The van der Waals surface area contributed by atoms with Gasteiger partial charge in [0.25, 0.3) is 10.0 Å². The SMILES string of the molecule is CC(C)[C@H](C)NC(=O)CN(c1cc(Cl)ccc1Cl)S(=O)(=O)c1ccccc1. The van der Waals surface area contributed by atoms with Crippen molar-refractivity contribution in [1.29, 1.82) is 0 Å². The minimum Gasteiger partial charge on any atom is -0.352 e. The summed E-state index contributed by atoms with van der Waals surface area (Å²) in [6.07, 6.45) is 0. The van der Waals surface area contributed by atoms with Crippen molar-refractivity contribution >= 4 is 44.8 Å². The molecule has 0 aliphatic carbocycles. The van der Waals surface area contributed by atoms with Crippen LogP contribution in [0.1, 0.15) is 20.8 Å². The van der Waals surface area contributed by atoms with Crippen LogP contribution in [-0.4, -0.2) is 26.9 Å². The number of nitrogens with zero attached hydrogens (tertiary/aromatic N) is 1. The van der Waals surface area contributed by atoms with E-state index in [1.807, 2.05) is 20.8 Å². The molecule has 1 amide bonds. The topological polar surface area (TPSA) is 66.5 Å². The number of carbonyl (C=O) groups is 1. The van der Waals surface area contributed by atoms with Gasteiger partial charge < -0.3 is 5.32 Å². The third kappa shape index (κ3) is 5.37. The average Bonchev–Trinajstić information content (AvgIpc) is 2.62. The summed E-state index contributed by atoms with van der Waals surface area (Å²) in [6.45, 7) is 5.40. The summed E-state index contributed by atoms with van der Waals surface area (Å²) in [7, 11) is -4.02. The van der Waals surface area contributed by atoms with E-state index in [0.29, 0.717) is 5.02 Å². The van der Waals surface area contributed by atoms with Crippen LogP contribution in [0.5, 0.6) is 0 Å². The van der Waals surface area contributed by atoms with E-state index >= 15 is 0 Å². The van der Waals surface area contributed by atoms with E-state index < -0.39 is 22.5 Å². The molecule has 0 radical (unpaired) electrons. The maximum absolute atomic E-state index is 13.2.